The van der Waals surface area contributed by atoms with Gasteiger partial charge in [0.25, 0.3) is 0 Å². The molecule has 124 valence electrons. The first-order valence-electron chi connectivity index (χ1n) is 6.73. The quantitative estimate of drug-likeness (QED) is 0.490. The third-order valence-corrected chi connectivity index (χ3v) is 3.57. The van der Waals surface area contributed by atoms with E-state index < -0.39 is 37.3 Å². The van der Waals surface area contributed by atoms with E-state index >= 15 is 0 Å². The van der Waals surface area contributed by atoms with Crippen LogP contribution in [0, 0.1) is 6.92 Å². The predicted octanol–water partition coefficient (Wildman–Crippen LogP) is -0.761. The predicted molar refractivity (Wildman–Crippen MR) is 73.7 cm³/mol. The first-order valence-corrected chi connectivity index (χ1v) is 6.73. The van der Waals surface area contributed by atoms with Gasteiger partial charge in [-0.25, -0.2) is 0 Å². The number of ether oxygens (including phenoxy) is 3. The van der Waals surface area contributed by atoms with Gasteiger partial charge in [0.2, 0.25) is 6.29 Å². The van der Waals surface area contributed by atoms with E-state index in [9.17, 15) is 25.5 Å². The Labute approximate surface area is 127 Å². The van der Waals surface area contributed by atoms with E-state index in [0.717, 1.165) is 6.07 Å². The average molecular weight is 316 g/mol. The van der Waals surface area contributed by atoms with Crippen molar-refractivity contribution in [3.05, 3.63) is 17.7 Å². The van der Waals surface area contributed by atoms with Crippen molar-refractivity contribution in [2.75, 3.05) is 13.7 Å². The Morgan fingerprint density at radius 1 is 1.18 bits per heavy atom. The highest BCUT2D eigenvalue weighted by atomic mass is 16.7. The number of aromatic hydroxyl groups is 2. The summed E-state index contributed by atoms with van der Waals surface area (Å²) in [6.45, 7) is 1.14. The second kappa shape index (κ2) is 6.67. The van der Waals surface area contributed by atoms with E-state index in [0.29, 0.717) is 5.56 Å². The number of phenolic OH excluding ortho intramolecular Hbond substituents is 2. The minimum atomic E-state index is -1.44. The molecular weight excluding hydrogens is 296 g/mol. The van der Waals surface area contributed by atoms with Gasteiger partial charge in [-0.15, -0.1) is 0 Å². The number of benzene rings is 1. The fraction of sp³-hybridized carbons (Fsp3) is 0.571. The van der Waals surface area contributed by atoms with Gasteiger partial charge in [-0.3, -0.25) is 0 Å². The Morgan fingerprint density at radius 3 is 2.41 bits per heavy atom. The number of phenols is 2. The number of aryl methyl sites for hydroxylation is 1. The molecule has 2 rings (SSSR count). The summed E-state index contributed by atoms with van der Waals surface area (Å²) in [4.78, 5) is 0. The molecule has 1 heterocycles. The molecule has 1 saturated heterocycles. The molecule has 0 unspecified atom stereocenters. The zero-order chi connectivity index (χ0) is 16.4. The first kappa shape index (κ1) is 16.8. The van der Waals surface area contributed by atoms with Gasteiger partial charge >= 0.3 is 0 Å². The van der Waals surface area contributed by atoms with Crippen LogP contribution in [-0.4, -0.2) is 70.0 Å². The Morgan fingerprint density at radius 2 is 1.86 bits per heavy atom. The molecule has 22 heavy (non-hydrogen) atoms. The monoisotopic (exact) mass is 316 g/mol. The molecule has 0 radical (unpaired) electrons. The number of rotatable bonds is 4. The van der Waals surface area contributed by atoms with Gasteiger partial charge in [0.15, 0.2) is 11.5 Å². The van der Waals surface area contributed by atoms with E-state index in [2.05, 4.69) is 0 Å². The van der Waals surface area contributed by atoms with Gasteiger partial charge in [-0.1, -0.05) is 0 Å². The zero-order valence-corrected chi connectivity index (χ0v) is 12.2. The highest BCUT2D eigenvalue weighted by Crippen LogP contribution is 2.36. The summed E-state index contributed by atoms with van der Waals surface area (Å²) in [5, 5.41) is 48.6. The molecule has 0 spiro atoms. The van der Waals surface area contributed by atoms with Crippen LogP contribution in [0.4, 0.5) is 0 Å². The molecule has 1 aromatic rings. The lowest BCUT2D eigenvalue weighted by molar-refractivity contribution is -0.282. The standard InChI is InChI=1S/C14H20O8/c1-6-3-7(16)4-8(17)12(6)22-14-11(19)10(18)13(20-2)9(5-15)21-14/h3-4,9-11,13-19H,5H2,1-2H3/t9-,10-,11-,13-,14+/m1/s1. The minimum Gasteiger partial charge on any atom is -0.508 e. The summed E-state index contributed by atoms with van der Waals surface area (Å²) < 4.78 is 15.8. The SMILES string of the molecule is CO[C@H]1[C@H](O)[C@@H](O)[C@H](Oc2c(C)cc(O)cc2O)O[C@@H]1CO. The van der Waals surface area contributed by atoms with Crippen LogP contribution in [0.1, 0.15) is 5.56 Å². The largest absolute Gasteiger partial charge is 0.508 e. The molecule has 1 fully saturated rings. The zero-order valence-electron chi connectivity index (χ0n) is 12.2. The summed E-state index contributed by atoms with van der Waals surface area (Å²) in [7, 11) is 1.32. The maximum Gasteiger partial charge on any atom is 0.229 e. The van der Waals surface area contributed by atoms with Crippen LogP contribution >= 0.6 is 0 Å². The van der Waals surface area contributed by atoms with Crippen LogP contribution in [0.3, 0.4) is 0 Å². The van der Waals surface area contributed by atoms with Crippen LogP contribution in [-0.2, 0) is 9.47 Å². The number of methoxy groups -OCH3 is 1. The van der Waals surface area contributed by atoms with E-state index in [1.54, 1.807) is 6.92 Å². The highest BCUT2D eigenvalue weighted by molar-refractivity contribution is 5.50. The second-order valence-corrected chi connectivity index (χ2v) is 5.14. The smallest absolute Gasteiger partial charge is 0.229 e. The molecule has 0 amide bonds. The molecule has 1 aliphatic heterocycles. The first-order chi connectivity index (χ1) is 10.4. The summed E-state index contributed by atoms with van der Waals surface area (Å²) in [5.41, 5.74) is 0.414. The lowest BCUT2D eigenvalue weighted by Crippen LogP contribution is -2.60. The minimum absolute atomic E-state index is 0.00149. The normalized spacial score (nSPS) is 32.0. The van der Waals surface area contributed by atoms with Gasteiger partial charge in [0.05, 0.1) is 6.61 Å². The van der Waals surface area contributed by atoms with Gasteiger partial charge in [0.1, 0.15) is 30.2 Å². The molecule has 8 nitrogen and oxygen atoms in total. The Bertz CT molecular complexity index is 495. The van der Waals surface area contributed by atoms with E-state index in [4.69, 9.17) is 14.2 Å². The summed E-state index contributed by atoms with van der Waals surface area (Å²) in [5.74, 6) is -0.473. The molecule has 0 bridgehead atoms. The van der Waals surface area contributed by atoms with E-state index in [-0.39, 0.29) is 17.2 Å². The fourth-order valence-electron chi connectivity index (χ4n) is 2.45. The average Bonchev–Trinajstić information content (AvgIpc) is 2.46. The molecule has 5 N–H and O–H groups in total. The van der Waals surface area contributed by atoms with Crippen molar-refractivity contribution in [2.45, 2.75) is 37.6 Å². The van der Waals surface area contributed by atoms with E-state index in [1.165, 1.54) is 13.2 Å². The van der Waals surface area contributed by atoms with Crippen LogP contribution in [0.15, 0.2) is 12.1 Å². The maximum absolute atomic E-state index is 10.1. The van der Waals surface area contributed by atoms with Crippen LogP contribution in [0.2, 0.25) is 0 Å². The summed E-state index contributed by atoms with van der Waals surface area (Å²) in [6.07, 6.45) is -5.89. The van der Waals surface area contributed by atoms with Crippen LogP contribution in [0.25, 0.3) is 0 Å². The molecule has 5 atom stereocenters. The number of aliphatic hydroxyl groups is 3. The number of aliphatic hydroxyl groups excluding tert-OH is 3. The lowest BCUT2D eigenvalue weighted by Gasteiger charge is -2.41. The number of hydrogen-bond donors (Lipinski definition) is 5. The van der Waals surface area contributed by atoms with Crippen molar-refractivity contribution in [3.8, 4) is 17.2 Å². The van der Waals surface area contributed by atoms with Gasteiger partial charge in [-0.2, -0.15) is 0 Å². The number of hydrogen-bond acceptors (Lipinski definition) is 8. The highest BCUT2D eigenvalue weighted by Gasteiger charge is 2.46. The summed E-state index contributed by atoms with van der Waals surface area (Å²) >= 11 is 0. The maximum atomic E-state index is 10.1. The van der Waals surface area contributed by atoms with Gasteiger partial charge in [-0.05, 0) is 18.6 Å². The Hall–Kier alpha value is -1.58. The van der Waals surface area contributed by atoms with Crippen molar-refractivity contribution >= 4 is 0 Å². The second-order valence-electron chi connectivity index (χ2n) is 5.14. The van der Waals surface area contributed by atoms with Crippen molar-refractivity contribution in [2.24, 2.45) is 0 Å². The molecule has 0 aromatic heterocycles. The Balaban J connectivity index is 2.22. The topological polar surface area (TPSA) is 129 Å². The van der Waals surface area contributed by atoms with Gasteiger partial charge in [0, 0.05) is 13.2 Å². The van der Waals surface area contributed by atoms with Crippen molar-refractivity contribution in [1.82, 2.24) is 0 Å². The van der Waals surface area contributed by atoms with E-state index in [1.807, 2.05) is 0 Å². The fourth-order valence-corrected chi connectivity index (χ4v) is 2.45. The van der Waals surface area contributed by atoms with Crippen LogP contribution in [0.5, 0.6) is 17.2 Å². The van der Waals surface area contributed by atoms with Crippen LogP contribution < -0.4 is 4.74 Å². The molecule has 1 aromatic carbocycles. The molecule has 0 saturated carbocycles. The molecule has 8 heteroatoms. The van der Waals surface area contributed by atoms with Crippen molar-refractivity contribution in [3.63, 3.8) is 0 Å². The van der Waals surface area contributed by atoms with Crippen molar-refractivity contribution < 1.29 is 39.7 Å². The Kier molecular flexibility index (Phi) is 5.09. The van der Waals surface area contributed by atoms with Crippen molar-refractivity contribution in [1.29, 1.82) is 0 Å². The summed E-state index contributed by atoms with van der Waals surface area (Å²) in [6, 6.07) is 2.44. The molecular formula is C14H20O8. The molecule has 1 aliphatic rings. The lowest BCUT2D eigenvalue weighted by atomic mass is 9.99. The third kappa shape index (κ3) is 3.11. The molecule has 0 aliphatic carbocycles. The van der Waals surface area contributed by atoms with Gasteiger partial charge < -0.3 is 39.7 Å². The third-order valence-electron chi connectivity index (χ3n) is 3.57.